The average Bonchev–Trinajstić information content (AvgIpc) is 2.84. The van der Waals surface area contributed by atoms with E-state index in [0.29, 0.717) is 23.5 Å². The molecule has 0 saturated heterocycles. The first-order valence-electron chi connectivity index (χ1n) is 10.5. The molecule has 0 aliphatic rings. The Kier molecular flexibility index (Phi) is 5.06. The number of para-hydroxylation sites is 1. The number of hydrogen-bond donors (Lipinski definition) is 2. The Hall–Kier alpha value is -4.52. The number of pyridine rings is 2. The van der Waals surface area contributed by atoms with Crippen molar-refractivity contribution in [3.8, 4) is 5.69 Å². The highest BCUT2D eigenvalue weighted by molar-refractivity contribution is 5.97. The quantitative estimate of drug-likeness (QED) is 0.424. The number of aromatic nitrogens is 3. The van der Waals surface area contributed by atoms with Crippen molar-refractivity contribution in [2.24, 2.45) is 0 Å². The zero-order valence-electron chi connectivity index (χ0n) is 17.9. The smallest absolute Gasteiger partial charge is 0.267 e. The van der Waals surface area contributed by atoms with Gasteiger partial charge in [0, 0.05) is 18.4 Å². The number of aryl methyl sites for hydroxylation is 1. The molecule has 0 aliphatic heterocycles. The van der Waals surface area contributed by atoms with Gasteiger partial charge in [0.1, 0.15) is 11.1 Å². The number of rotatable bonds is 4. The highest BCUT2D eigenvalue weighted by Gasteiger charge is 2.18. The second-order valence-electron chi connectivity index (χ2n) is 7.83. The Bertz CT molecular complexity index is 1620. The van der Waals surface area contributed by atoms with Gasteiger partial charge in [0.05, 0.1) is 10.9 Å². The maximum absolute atomic E-state index is 13.4. The van der Waals surface area contributed by atoms with Crippen molar-refractivity contribution in [2.45, 2.75) is 13.5 Å². The maximum Gasteiger partial charge on any atom is 0.267 e. The van der Waals surface area contributed by atoms with Crippen LogP contribution in [0.4, 0.5) is 0 Å². The summed E-state index contributed by atoms with van der Waals surface area (Å²) in [6, 6.07) is 23.9. The van der Waals surface area contributed by atoms with Crippen molar-refractivity contribution in [3.63, 3.8) is 0 Å². The Morgan fingerprint density at radius 3 is 2.42 bits per heavy atom. The summed E-state index contributed by atoms with van der Waals surface area (Å²) in [5, 5.41) is 12.0. The van der Waals surface area contributed by atoms with E-state index in [4.69, 9.17) is 5.41 Å². The fraction of sp³-hybridized carbons (Fsp3) is 0.0769. The van der Waals surface area contributed by atoms with Gasteiger partial charge in [-0.25, -0.2) is 4.98 Å². The highest BCUT2D eigenvalue weighted by atomic mass is 16.1. The summed E-state index contributed by atoms with van der Waals surface area (Å²) >= 11 is 0. The molecule has 0 aliphatic carbocycles. The van der Waals surface area contributed by atoms with E-state index < -0.39 is 5.91 Å². The Morgan fingerprint density at radius 1 is 1.00 bits per heavy atom. The third kappa shape index (κ3) is 3.70. The van der Waals surface area contributed by atoms with E-state index in [1.54, 1.807) is 16.8 Å². The molecule has 0 bridgehead atoms. The fourth-order valence-electron chi connectivity index (χ4n) is 3.86. The second-order valence-corrected chi connectivity index (χ2v) is 7.83. The van der Waals surface area contributed by atoms with Crippen LogP contribution in [-0.2, 0) is 6.54 Å². The number of amides is 1. The van der Waals surface area contributed by atoms with Gasteiger partial charge in [0.2, 0.25) is 0 Å². The molecule has 3 heterocycles. The van der Waals surface area contributed by atoms with E-state index >= 15 is 0 Å². The first kappa shape index (κ1) is 20.4. The summed E-state index contributed by atoms with van der Waals surface area (Å²) in [4.78, 5) is 31.2. The topological polar surface area (TPSA) is 92.2 Å². The molecule has 162 valence electrons. The van der Waals surface area contributed by atoms with Gasteiger partial charge in [-0.15, -0.1) is 0 Å². The highest BCUT2D eigenvalue weighted by Crippen LogP contribution is 2.15. The molecule has 0 fully saturated rings. The van der Waals surface area contributed by atoms with Crippen LogP contribution in [0.5, 0.6) is 0 Å². The van der Waals surface area contributed by atoms with Gasteiger partial charge < -0.3 is 5.32 Å². The number of carbonyl (C=O) groups excluding carboxylic acids is 1. The van der Waals surface area contributed by atoms with Gasteiger partial charge in [-0.1, -0.05) is 54.6 Å². The van der Waals surface area contributed by atoms with E-state index in [1.807, 2.05) is 73.7 Å². The SMILES string of the molecule is Cc1ccc2nc3c(cc(C(=O)NCc4ccccc4)c(=N)n3-c3ccccc3)c(=O)n2c1. The lowest BCUT2D eigenvalue weighted by molar-refractivity contribution is 0.0949. The van der Waals surface area contributed by atoms with Gasteiger partial charge >= 0.3 is 0 Å². The number of nitrogens with one attached hydrogen (secondary N) is 2. The van der Waals surface area contributed by atoms with Gasteiger partial charge in [-0.05, 0) is 42.3 Å². The molecule has 33 heavy (non-hydrogen) atoms. The van der Waals surface area contributed by atoms with Crippen molar-refractivity contribution in [1.82, 2.24) is 19.3 Å². The van der Waals surface area contributed by atoms with Gasteiger partial charge in [-0.2, -0.15) is 0 Å². The molecule has 7 nitrogen and oxygen atoms in total. The van der Waals surface area contributed by atoms with Crippen LogP contribution in [0.1, 0.15) is 21.5 Å². The van der Waals surface area contributed by atoms with Crippen LogP contribution in [0.2, 0.25) is 0 Å². The number of carbonyl (C=O) groups is 1. The lowest BCUT2D eigenvalue weighted by Crippen LogP contribution is -2.34. The number of fused-ring (bicyclic) bond motifs is 2. The van der Waals surface area contributed by atoms with Crippen LogP contribution in [0.25, 0.3) is 22.4 Å². The Labute approximate surface area is 189 Å². The van der Waals surface area contributed by atoms with E-state index in [-0.39, 0.29) is 22.0 Å². The molecule has 0 saturated carbocycles. The van der Waals surface area contributed by atoms with Crippen molar-refractivity contribution < 1.29 is 4.79 Å². The minimum atomic E-state index is -0.427. The molecule has 2 N–H and O–H groups in total. The van der Waals surface area contributed by atoms with Crippen molar-refractivity contribution in [3.05, 3.63) is 118 Å². The summed E-state index contributed by atoms with van der Waals surface area (Å²) in [7, 11) is 0. The van der Waals surface area contributed by atoms with Crippen LogP contribution in [0.15, 0.2) is 89.9 Å². The zero-order valence-corrected chi connectivity index (χ0v) is 17.9. The summed E-state index contributed by atoms with van der Waals surface area (Å²) in [5.41, 5.74) is 3.09. The van der Waals surface area contributed by atoms with Crippen LogP contribution in [-0.4, -0.2) is 19.9 Å². The predicted octanol–water partition coefficient (Wildman–Crippen LogP) is 3.36. The van der Waals surface area contributed by atoms with E-state index in [9.17, 15) is 9.59 Å². The molecule has 3 aromatic heterocycles. The lowest BCUT2D eigenvalue weighted by Gasteiger charge is -2.15. The standard InChI is InChI=1S/C26H21N5O2/c1-17-12-13-22-29-24-21(26(33)30(22)16-17)14-20(23(27)31(24)19-10-6-3-7-11-19)25(32)28-15-18-8-4-2-5-9-18/h2-14,16,27H,15H2,1H3,(H,28,32). The van der Waals surface area contributed by atoms with Crippen LogP contribution in [0.3, 0.4) is 0 Å². The first-order chi connectivity index (χ1) is 16.0. The molecule has 0 unspecified atom stereocenters. The van der Waals surface area contributed by atoms with E-state index in [1.165, 1.54) is 10.5 Å². The Balaban J connectivity index is 1.75. The van der Waals surface area contributed by atoms with Crippen LogP contribution >= 0.6 is 0 Å². The number of hydrogen-bond acceptors (Lipinski definition) is 4. The molecular formula is C26H21N5O2. The number of benzene rings is 2. The molecule has 5 aromatic rings. The molecule has 5 rings (SSSR count). The van der Waals surface area contributed by atoms with E-state index in [0.717, 1.165) is 11.1 Å². The lowest BCUT2D eigenvalue weighted by atomic mass is 10.1. The predicted molar refractivity (Wildman–Crippen MR) is 126 cm³/mol. The van der Waals surface area contributed by atoms with Crippen LogP contribution < -0.4 is 16.4 Å². The minimum Gasteiger partial charge on any atom is -0.348 e. The molecule has 0 radical (unpaired) electrons. The van der Waals surface area contributed by atoms with Crippen LogP contribution in [0, 0.1) is 12.3 Å². The number of nitrogens with zero attached hydrogens (tertiary/aromatic N) is 3. The fourth-order valence-corrected chi connectivity index (χ4v) is 3.86. The summed E-state index contributed by atoms with van der Waals surface area (Å²) in [6.07, 6.45) is 1.72. The summed E-state index contributed by atoms with van der Waals surface area (Å²) < 4.78 is 3.02. The molecule has 1 amide bonds. The van der Waals surface area contributed by atoms with E-state index in [2.05, 4.69) is 10.3 Å². The molecule has 2 aromatic carbocycles. The molecule has 0 atom stereocenters. The monoisotopic (exact) mass is 435 g/mol. The summed E-state index contributed by atoms with van der Waals surface area (Å²) in [5.74, 6) is -0.427. The largest absolute Gasteiger partial charge is 0.348 e. The first-order valence-corrected chi connectivity index (χ1v) is 10.5. The normalized spacial score (nSPS) is 11.1. The third-order valence-electron chi connectivity index (χ3n) is 5.52. The second kappa shape index (κ2) is 8.20. The van der Waals surface area contributed by atoms with Gasteiger partial charge in [0.25, 0.3) is 11.5 Å². The summed E-state index contributed by atoms with van der Waals surface area (Å²) in [6.45, 7) is 2.21. The average molecular weight is 435 g/mol. The van der Waals surface area contributed by atoms with Gasteiger partial charge in [-0.3, -0.25) is 24.0 Å². The van der Waals surface area contributed by atoms with Crippen molar-refractivity contribution in [1.29, 1.82) is 5.41 Å². The minimum absolute atomic E-state index is 0.0392. The molecule has 7 heteroatoms. The Morgan fingerprint density at radius 2 is 1.70 bits per heavy atom. The third-order valence-corrected chi connectivity index (χ3v) is 5.52. The maximum atomic E-state index is 13.4. The molecule has 0 spiro atoms. The van der Waals surface area contributed by atoms with Crippen molar-refractivity contribution in [2.75, 3.05) is 0 Å². The van der Waals surface area contributed by atoms with Gasteiger partial charge in [0.15, 0.2) is 5.65 Å². The molecular weight excluding hydrogens is 414 g/mol. The zero-order chi connectivity index (χ0) is 22.9. The van der Waals surface area contributed by atoms with Crippen molar-refractivity contribution >= 4 is 22.6 Å².